The van der Waals surface area contributed by atoms with Gasteiger partial charge >= 0.3 is 18.2 Å². The van der Waals surface area contributed by atoms with Gasteiger partial charge in [-0.25, -0.2) is 14.4 Å². The molecule has 2 aromatic carbocycles. The van der Waals surface area contributed by atoms with Gasteiger partial charge in [0.05, 0.1) is 12.6 Å². The van der Waals surface area contributed by atoms with Gasteiger partial charge in [-0.2, -0.15) is 0 Å². The molecular weight excluding hydrogens is 550 g/mol. The molecule has 10 nitrogen and oxygen atoms in total. The number of ether oxygens (including phenoxy) is 3. The van der Waals surface area contributed by atoms with Gasteiger partial charge in [-0.3, -0.25) is 9.69 Å². The van der Waals surface area contributed by atoms with E-state index in [0.717, 1.165) is 22.3 Å². The number of nitrogens with zero attached hydrogens (tertiary/aromatic N) is 1. The second-order valence-corrected chi connectivity index (χ2v) is 12.3. The van der Waals surface area contributed by atoms with Crippen LogP contribution < -0.4 is 10.6 Å². The van der Waals surface area contributed by atoms with Crippen molar-refractivity contribution in [2.45, 2.75) is 69.7 Å². The molecule has 1 saturated carbocycles. The normalized spacial score (nSPS) is 23.9. The predicted octanol–water partition coefficient (Wildman–Crippen LogP) is 4.53. The average Bonchev–Trinajstić information content (AvgIpc) is 3.35. The summed E-state index contributed by atoms with van der Waals surface area (Å²) >= 11 is 0. The zero-order chi connectivity index (χ0) is 30.9. The van der Waals surface area contributed by atoms with E-state index in [9.17, 15) is 19.2 Å². The Kier molecular flexibility index (Phi) is 8.23. The highest BCUT2D eigenvalue weighted by Crippen LogP contribution is 2.46. The number of nitrogens with one attached hydrogen (secondary N) is 2. The fourth-order valence-electron chi connectivity index (χ4n) is 6.08. The first-order valence-corrected chi connectivity index (χ1v) is 14.7. The predicted molar refractivity (Wildman–Crippen MR) is 159 cm³/mol. The van der Waals surface area contributed by atoms with Gasteiger partial charge in [0.2, 0.25) is 5.91 Å². The standard InChI is InChI=1S/C33H39N3O7/c1-6-20-17-33(20,29(38)41-7-2)35-28(37)27-16-21(18-36(27)31(40)43-32(3,4)5)34-30(39)42-19-26-24-14-10-8-12-22(24)23-13-9-11-15-25(23)26/h6,8-15,20-21,26-27H,1,7,16-19H2,2-5H3,(H,34,39)(H,35,37)/t20?,21-,27+,33?/m1/s1. The number of alkyl carbamates (subject to hydrolysis) is 1. The minimum atomic E-state index is -1.22. The van der Waals surface area contributed by atoms with Gasteiger partial charge in [-0.1, -0.05) is 54.6 Å². The number of amides is 3. The van der Waals surface area contributed by atoms with Crippen LogP contribution in [0.15, 0.2) is 61.2 Å². The summed E-state index contributed by atoms with van der Waals surface area (Å²) in [6, 6.07) is 14.6. The van der Waals surface area contributed by atoms with E-state index in [1.807, 2.05) is 36.4 Å². The Hall–Kier alpha value is -4.34. The number of hydrogen-bond acceptors (Lipinski definition) is 7. The van der Waals surface area contributed by atoms with Crippen LogP contribution >= 0.6 is 0 Å². The molecule has 1 heterocycles. The largest absolute Gasteiger partial charge is 0.464 e. The summed E-state index contributed by atoms with van der Waals surface area (Å²) in [7, 11) is 0. The molecule has 0 spiro atoms. The molecule has 2 N–H and O–H groups in total. The van der Waals surface area contributed by atoms with Crippen molar-refractivity contribution in [3.05, 3.63) is 72.3 Å². The maximum absolute atomic E-state index is 13.6. The molecular formula is C33H39N3O7. The van der Waals surface area contributed by atoms with E-state index in [1.165, 1.54) is 4.90 Å². The van der Waals surface area contributed by atoms with Crippen molar-refractivity contribution in [1.29, 1.82) is 0 Å². The van der Waals surface area contributed by atoms with Gasteiger partial charge in [-0.05, 0) is 62.8 Å². The number of fused-ring (bicyclic) bond motifs is 3. The lowest BCUT2D eigenvalue weighted by Gasteiger charge is -2.29. The Morgan fingerprint density at radius 1 is 1.02 bits per heavy atom. The number of carbonyl (C=O) groups is 4. The summed E-state index contributed by atoms with van der Waals surface area (Å²) < 4.78 is 16.5. The summed E-state index contributed by atoms with van der Waals surface area (Å²) in [6.45, 7) is 11.0. The Bertz CT molecular complexity index is 1390. The monoisotopic (exact) mass is 589 g/mol. The minimum absolute atomic E-state index is 0.0362. The molecule has 3 aliphatic rings. The average molecular weight is 590 g/mol. The second-order valence-electron chi connectivity index (χ2n) is 12.3. The molecule has 0 aromatic heterocycles. The van der Waals surface area contributed by atoms with Crippen molar-refractivity contribution in [3.8, 4) is 11.1 Å². The van der Waals surface area contributed by atoms with Crippen LogP contribution in [-0.2, 0) is 23.8 Å². The SMILES string of the molecule is C=CC1CC1(NC(=O)[C@@H]1C[C@@H](NC(=O)OCC2c3ccccc3-c3ccccc32)CN1C(=O)OC(C)(C)C)C(=O)OCC. The van der Waals surface area contributed by atoms with E-state index in [-0.39, 0.29) is 38.0 Å². The smallest absolute Gasteiger partial charge is 0.411 e. The summed E-state index contributed by atoms with van der Waals surface area (Å²) in [4.78, 5) is 53.7. The second kappa shape index (κ2) is 11.7. The molecule has 2 unspecified atom stereocenters. The van der Waals surface area contributed by atoms with E-state index in [0.29, 0.717) is 6.42 Å². The van der Waals surface area contributed by atoms with Crippen LogP contribution in [0.5, 0.6) is 0 Å². The Labute approximate surface area is 251 Å². The highest BCUT2D eigenvalue weighted by molar-refractivity contribution is 5.95. The van der Waals surface area contributed by atoms with E-state index < -0.39 is 47.3 Å². The van der Waals surface area contributed by atoms with Crippen LogP contribution in [0.3, 0.4) is 0 Å². The molecule has 0 radical (unpaired) electrons. The molecule has 1 saturated heterocycles. The lowest BCUT2D eigenvalue weighted by atomic mass is 9.98. The van der Waals surface area contributed by atoms with Gasteiger partial charge in [0.15, 0.2) is 0 Å². The van der Waals surface area contributed by atoms with E-state index >= 15 is 0 Å². The van der Waals surface area contributed by atoms with Gasteiger partial charge in [-0.15, -0.1) is 6.58 Å². The van der Waals surface area contributed by atoms with Gasteiger partial charge in [0.1, 0.15) is 23.8 Å². The van der Waals surface area contributed by atoms with E-state index in [4.69, 9.17) is 14.2 Å². The van der Waals surface area contributed by atoms with Crippen LogP contribution in [-0.4, -0.2) is 71.9 Å². The first kappa shape index (κ1) is 30.1. The minimum Gasteiger partial charge on any atom is -0.464 e. The molecule has 2 aliphatic carbocycles. The fraction of sp³-hybridized carbons (Fsp3) is 0.455. The van der Waals surface area contributed by atoms with Crippen molar-refractivity contribution in [2.75, 3.05) is 19.8 Å². The summed E-state index contributed by atoms with van der Waals surface area (Å²) in [5, 5.41) is 5.65. The number of esters is 1. The number of benzene rings is 2. The highest BCUT2D eigenvalue weighted by Gasteiger charge is 2.62. The number of likely N-dealkylation sites (tertiary alicyclic amines) is 1. The first-order chi connectivity index (χ1) is 20.5. The van der Waals surface area contributed by atoms with Crippen LogP contribution in [0.25, 0.3) is 11.1 Å². The molecule has 2 fully saturated rings. The molecule has 0 bridgehead atoms. The third-order valence-corrected chi connectivity index (χ3v) is 8.18. The molecule has 1 aliphatic heterocycles. The van der Waals surface area contributed by atoms with Crippen LogP contribution in [0.2, 0.25) is 0 Å². The summed E-state index contributed by atoms with van der Waals surface area (Å²) in [6.07, 6.45) is 0.757. The Morgan fingerprint density at radius 2 is 1.65 bits per heavy atom. The molecule has 10 heteroatoms. The summed E-state index contributed by atoms with van der Waals surface area (Å²) in [5.74, 6) is -1.45. The van der Waals surface area contributed by atoms with Crippen LogP contribution in [0, 0.1) is 5.92 Å². The van der Waals surface area contributed by atoms with E-state index in [2.05, 4.69) is 29.3 Å². The van der Waals surface area contributed by atoms with Gasteiger partial charge in [0.25, 0.3) is 0 Å². The quantitative estimate of drug-likeness (QED) is 0.264. The lowest BCUT2D eigenvalue weighted by Crippen LogP contribution is -2.53. The maximum atomic E-state index is 13.6. The van der Waals surface area contributed by atoms with Crippen molar-refractivity contribution >= 4 is 24.1 Å². The maximum Gasteiger partial charge on any atom is 0.411 e. The molecule has 43 heavy (non-hydrogen) atoms. The first-order valence-electron chi connectivity index (χ1n) is 14.7. The van der Waals surface area contributed by atoms with Crippen molar-refractivity contribution in [2.24, 2.45) is 5.92 Å². The Morgan fingerprint density at radius 3 is 2.21 bits per heavy atom. The molecule has 5 rings (SSSR count). The molecule has 2 aromatic rings. The third-order valence-electron chi connectivity index (χ3n) is 8.18. The zero-order valence-corrected chi connectivity index (χ0v) is 25.1. The summed E-state index contributed by atoms with van der Waals surface area (Å²) in [5.41, 5.74) is 2.43. The number of hydrogen-bond donors (Lipinski definition) is 2. The highest BCUT2D eigenvalue weighted by atomic mass is 16.6. The van der Waals surface area contributed by atoms with Crippen molar-refractivity contribution < 1.29 is 33.4 Å². The third kappa shape index (κ3) is 6.09. The zero-order valence-electron chi connectivity index (χ0n) is 25.1. The lowest BCUT2D eigenvalue weighted by molar-refractivity contribution is -0.149. The fourth-order valence-corrected chi connectivity index (χ4v) is 6.08. The molecule has 228 valence electrons. The topological polar surface area (TPSA) is 123 Å². The van der Waals surface area contributed by atoms with Crippen LogP contribution in [0.1, 0.15) is 57.6 Å². The van der Waals surface area contributed by atoms with E-state index in [1.54, 1.807) is 33.8 Å². The van der Waals surface area contributed by atoms with Crippen LogP contribution in [0.4, 0.5) is 9.59 Å². The van der Waals surface area contributed by atoms with Crippen molar-refractivity contribution in [1.82, 2.24) is 15.5 Å². The van der Waals surface area contributed by atoms with Gasteiger partial charge in [0, 0.05) is 18.4 Å². The molecule has 3 amide bonds. The Balaban J connectivity index is 1.26. The van der Waals surface area contributed by atoms with Gasteiger partial charge < -0.3 is 24.8 Å². The number of rotatable bonds is 8. The number of carbonyl (C=O) groups excluding carboxylic acids is 4. The molecule has 4 atom stereocenters. The van der Waals surface area contributed by atoms with Crippen molar-refractivity contribution in [3.63, 3.8) is 0 Å².